The summed E-state index contributed by atoms with van der Waals surface area (Å²) in [5, 5.41) is 0. The van der Waals surface area contributed by atoms with Gasteiger partial charge in [0.25, 0.3) is 0 Å². The molecule has 0 bridgehead atoms. The fraction of sp³-hybridized carbons (Fsp3) is 0.833. The highest BCUT2D eigenvalue weighted by Gasteiger charge is 2.33. The molecule has 2 radical (unpaired) electrons. The molecule has 0 spiro atoms. The van der Waals surface area contributed by atoms with E-state index < -0.39 is 0 Å². The lowest BCUT2D eigenvalue weighted by Gasteiger charge is -2.39. The highest BCUT2D eigenvalue weighted by Crippen LogP contribution is 2.27. The van der Waals surface area contributed by atoms with E-state index in [4.69, 9.17) is 0 Å². The Hall–Kier alpha value is -0.443. The van der Waals surface area contributed by atoms with Crippen LogP contribution in [0, 0.1) is 0 Å². The first kappa shape index (κ1) is 12.6. The minimum atomic E-state index is 0.285. The minimum Gasteiger partial charge on any atom is -0.380 e. The van der Waals surface area contributed by atoms with Gasteiger partial charge in [0.05, 0.1) is 0 Å². The maximum Gasteiger partial charge on any atom is 0.332 e. The van der Waals surface area contributed by atoms with E-state index in [1.165, 1.54) is 12.8 Å². The summed E-state index contributed by atoms with van der Waals surface area (Å²) >= 11 is 0. The van der Waals surface area contributed by atoms with Crippen LogP contribution in [0.3, 0.4) is 0 Å². The molecule has 0 saturated heterocycles. The van der Waals surface area contributed by atoms with Gasteiger partial charge in [-0.3, -0.25) is 0 Å². The lowest BCUT2D eigenvalue weighted by molar-refractivity contribution is 0.256. The Morgan fingerprint density at radius 1 is 0.867 bits per heavy atom. The second-order valence-electron chi connectivity index (χ2n) is 5.47. The average Bonchev–Trinajstić information content (AvgIpc) is 2.67. The first-order valence-electron chi connectivity index (χ1n) is 5.87. The van der Waals surface area contributed by atoms with Crippen molar-refractivity contribution in [2.75, 3.05) is 0 Å². The quantitative estimate of drug-likeness (QED) is 0.677. The first-order chi connectivity index (χ1) is 6.83. The Morgan fingerprint density at radius 2 is 1.20 bits per heavy atom. The van der Waals surface area contributed by atoms with E-state index in [-0.39, 0.29) is 11.1 Å². The molecule has 0 unspecified atom stereocenters. The molecular weight excluding hydrogens is 200 g/mol. The zero-order valence-electron chi connectivity index (χ0n) is 11.0. The van der Waals surface area contributed by atoms with Gasteiger partial charge in [-0.05, 0) is 40.5 Å². The highest BCUT2D eigenvalue weighted by atomic mass is 28.2. The van der Waals surface area contributed by atoms with Crippen molar-refractivity contribution in [2.45, 2.75) is 65.5 Å². The molecule has 0 fully saturated rings. The molecule has 0 atom stereocenters. The average molecular weight is 224 g/mol. The van der Waals surface area contributed by atoms with Crippen molar-refractivity contribution in [3.63, 3.8) is 0 Å². The van der Waals surface area contributed by atoms with Gasteiger partial charge in [-0.2, -0.15) is 0 Å². The Balaban J connectivity index is 2.66. The molecule has 0 saturated carbocycles. The number of nitrogens with zero attached hydrogens (tertiary/aromatic N) is 2. The number of hydrogen-bond donors (Lipinski definition) is 0. The van der Waals surface area contributed by atoms with Gasteiger partial charge in [0.2, 0.25) is 0 Å². The van der Waals surface area contributed by atoms with Gasteiger partial charge >= 0.3 is 9.84 Å². The third kappa shape index (κ3) is 2.57. The normalized spacial score (nSPS) is 17.7. The standard InChI is InChI=1S/C12H24N2Si/c1-7-11(3,4)13-9-10-14(15-13)12(5,6)8-2/h9-10H,7-8H2,1-6H3. The molecule has 0 N–H and O–H groups in total. The molecule has 0 amide bonds. The molecule has 0 aromatic rings. The summed E-state index contributed by atoms with van der Waals surface area (Å²) in [5.41, 5.74) is 0.570. The third-order valence-electron chi connectivity index (χ3n) is 3.62. The first-order valence-corrected chi connectivity index (χ1v) is 6.76. The van der Waals surface area contributed by atoms with Crippen LogP contribution < -0.4 is 0 Å². The van der Waals surface area contributed by atoms with Crippen LogP contribution in [-0.4, -0.2) is 30.1 Å². The van der Waals surface area contributed by atoms with Crippen molar-refractivity contribution in [1.29, 1.82) is 0 Å². The zero-order valence-corrected chi connectivity index (χ0v) is 12.0. The maximum atomic E-state index is 2.46. The van der Waals surface area contributed by atoms with Gasteiger partial charge in [0.1, 0.15) is 0 Å². The monoisotopic (exact) mass is 224 g/mol. The molecule has 3 heteroatoms. The van der Waals surface area contributed by atoms with Gasteiger partial charge in [-0.1, -0.05) is 13.8 Å². The fourth-order valence-electron chi connectivity index (χ4n) is 1.33. The summed E-state index contributed by atoms with van der Waals surface area (Å²) in [7, 11) is 0.763. The second-order valence-corrected chi connectivity index (χ2v) is 6.63. The van der Waals surface area contributed by atoms with Crippen LogP contribution in [0.1, 0.15) is 54.4 Å². The Morgan fingerprint density at radius 3 is 1.47 bits per heavy atom. The highest BCUT2D eigenvalue weighted by molar-refractivity contribution is 6.31. The van der Waals surface area contributed by atoms with Gasteiger partial charge in [0, 0.05) is 23.5 Å². The number of hydrogen-bond acceptors (Lipinski definition) is 2. The fourth-order valence-corrected chi connectivity index (χ4v) is 2.69. The van der Waals surface area contributed by atoms with Gasteiger partial charge in [-0.25, -0.2) is 0 Å². The van der Waals surface area contributed by atoms with Crippen molar-refractivity contribution in [3.8, 4) is 0 Å². The zero-order chi connectivity index (χ0) is 11.7. The van der Waals surface area contributed by atoms with Crippen LogP contribution in [0.5, 0.6) is 0 Å². The lowest BCUT2D eigenvalue weighted by Crippen LogP contribution is -2.49. The molecule has 1 aliphatic rings. The van der Waals surface area contributed by atoms with E-state index in [9.17, 15) is 0 Å². The molecule has 0 aromatic carbocycles. The van der Waals surface area contributed by atoms with E-state index in [0.717, 1.165) is 9.84 Å². The molecule has 86 valence electrons. The van der Waals surface area contributed by atoms with E-state index in [2.05, 4.69) is 63.1 Å². The molecular formula is C12H24N2Si. The Bertz CT molecular complexity index is 222. The van der Waals surface area contributed by atoms with Crippen LogP contribution in [-0.2, 0) is 0 Å². The molecule has 0 aliphatic carbocycles. The van der Waals surface area contributed by atoms with Gasteiger partial charge in [0.15, 0.2) is 0 Å². The maximum absolute atomic E-state index is 2.46. The second kappa shape index (κ2) is 4.20. The largest absolute Gasteiger partial charge is 0.380 e. The van der Waals surface area contributed by atoms with Gasteiger partial charge < -0.3 is 9.13 Å². The van der Waals surface area contributed by atoms with Gasteiger partial charge in [-0.15, -0.1) is 0 Å². The summed E-state index contributed by atoms with van der Waals surface area (Å²) < 4.78 is 4.93. The minimum absolute atomic E-state index is 0.285. The van der Waals surface area contributed by atoms with Crippen LogP contribution >= 0.6 is 0 Å². The van der Waals surface area contributed by atoms with Crippen LogP contribution in [0.2, 0.25) is 0 Å². The summed E-state index contributed by atoms with van der Waals surface area (Å²) in [6, 6.07) is 0. The predicted octanol–water partition coefficient (Wildman–Crippen LogP) is 2.99. The SMILES string of the molecule is CCC(C)(C)N1C=CN(C(C)(C)CC)[Si]1. The predicted molar refractivity (Wildman–Crippen MR) is 67.3 cm³/mol. The van der Waals surface area contributed by atoms with Crippen molar-refractivity contribution in [2.24, 2.45) is 0 Å². The molecule has 1 heterocycles. The number of rotatable bonds is 4. The van der Waals surface area contributed by atoms with Crippen molar-refractivity contribution >= 4 is 9.84 Å². The summed E-state index contributed by atoms with van der Waals surface area (Å²) in [6.45, 7) is 13.8. The molecule has 0 aromatic heterocycles. The smallest absolute Gasteiger partial charge is 0.332 e. The van der Waals surface area contributed by atoms with Crippen LogP contribution in [0.15, 0.2) is 12.4 Å². The molecule has 1 aliphatic heterocycles. The molecule has 1 rings (SSSR count). The van der Waals surface area contributed by atoms with E-state index in [0.29, 0.717) is 0 Å². The summed E-state index contributed by atoms with van der Waals surface area (Å²) in [6.07, 6.45) is 6.87. The molecule has 2 nitrogen and oxygen atoms in total. The van der Waals surface area contributed by atoms with E-state index >= 15 is 0 Å². The van der Waals surface area contributed by atoms with E-state index in [1.54, 1.807) is 0 Å². The topological polar surface area (TPSA) is 6.48 Å². The van der Waals surface area contributed by atoms with Crippen LogP contribution in [0.25, 0.3) is 0 Å². The van der Waals surface area contributed by atoms with Crippen LogP contribution in [0.4, 0.5) is 0 Å². The molecule has 15 heavy (non-hydrogen) atoms. The third-order valence-corrected chi connectivity index (χ3v) is 5.55. The summed E-state index contributed by atoms with van der Waals surface area (Å²) in [4.78, 5) is 0. The Kier molecular flexibility index (Phi) is 3.54. The van der Waals surface area contributed by atoms with Crippen molar-refractivity contribution in [3.05, 3.63) is 12.4 Å². The summed E-state index contributed by atoms with van der Waals surface area (Å²) in [5.74, 6) is 0. The van der Waals surface area contributed by atoms with E-state index in [1.807, 2.05) is 0 Å². The van der Waals surface area contributed by atoms with Crippen molar-refractivity contribution < 1.29 is 0 Å². The van der Waals surface area contributed by atoms with Crippen molar-refractivity contribution in [1.82, 2.24) is 9.13 Å². The lowest BCUT2D eigenvalue weighted by atomic mass is 10.0. The Labute approximate surface area is 97.3 Å².